The fraction of sp³-hybridized carbons (Fsp3) is 0.300. The number of anilines is 1. The molecule has 1 heterocycles. The second kappa shape index (κ2) is 6.69. The van der Waals surface area contributed by atoms with E-state index in [1.807, 2.05) is 65.6 Å². The zero-order valence-electron chi connectivity index (χ0n) is 13.8. The highest BCUT2D eigenvalue weighted by Gasteiger charge is 2.47. The van der Waals surface area contributed by atoms with Crippen molar-refractivity contribution in [3.8, 4) is 0 Å². The predicted molar refractivity (Wildman–Crippen MR) is 93.9 cm³/mol. The summed E-state index contributed by atoms with van der Waals surface area (Å²) in [5, 5.41) is 2.90. The van der Waals surface area contributed by atoms with E-state index in [-0.39, 0.29) is 24.5 Å². The summed E-state index contributed by atoms with van der Waals surface area (Å²) in [6.45, 7) is -0.0489. The fourth-order valence-corrected chi connectivity index (χ4v) is 3.35. The van der Waals surface area contributed by atoms with Crippen molar-refractivity contribution in [2.24, 2.45) is 0 Å². The summed E-state index contributed by atoms with van der Waals surface area (Å²) in [6.07, 6.45) is 1.26. The molecule has 0 bridgehead atoms. The molecule has 0 radical (unpaired) electrons. The van der Waals surface area contributed by atoms with Crippen LogP contribution in [0.3, 0.4) is 0 Å². The van der Waals surface area contributed by atoms with E-state index in [1.165, 1.54) is 0 Å². The molecule has 4 rings (SSSR count). The summed E-state index contributed by atoms with van der Waals surface area (Å²) in [5.74, 6) is -0.265. The minimum absolute atomic E-state index is 0.0416. The van der Waals surface area contributed by atoms with Gasteiger partial charge < -0.3 is 15.0 Å². The van der Waals surface area contributed by atoms with Crippen molar-refractivity contribution in [3.63, 3.8) is 0 Å². The van der Waals surface area contributed by atoms with Gasteiger partial charge in [0.25, 0.3) is 5.91 Å². The lowest BCUT2D eigenvalue weighted by Crippen LogP contribution is -2.53. The smallest absolute Gasteiger partial charge is 0.256 e. The first-order valence-electron chi connectivity index (χ1n) is 8.57. The first-order chi connectivity index (χ1) is 12.2. The maximum absolute atomic E-state index is 12.9. The second-order valence-electron chi connectivity index (χ2n) is 6.47. The van der Waals surface area contributed by atoms with Gasteiger partial charge in [-0.05, 0) is 30.5 Å². The molecule has 2 aliphatic rings. The SMILES string of the molecule is O=C(Nc1ccccc1)[C@@H]1OCC(=O)N(C2CC2)[C@H]1c1ccccc1. The topological polar surface area (TPSA) is 58.6 Å². The zero-order valence-corrected chi connectivity index (χ0v) is 13.8. The third kappa shape index (κ3) is 3.28. The lowest BCUT2D eigenvalue weighted by molar-refractivity contribution is -0.163. The number of ether oxygens (including phenoxy) is 1. The number of amides is 2. The summed E-state index contributed by atoms with van der Waals surface area (Å²) >= 11 is 0. The largest absolute Gasteiger partial charge is 0.356 e. The van der Waals surface area contributed by atoms with Crippen molar-refractivity contribution in [1.82, 2.24) is 4.90 Å². The normalized spacial score (nSPS) is 23.4. The summed E-state index contributed by atoms with van der Waals surface area (Å²) in [7, 11) is 0. The van der Waals surface area contributed by atoms with Crippen LogP contribution in [-0.2, 0) is 14.3 Å². The van der Waals surface area contributed by atoms with Crippen molar-refractivity contribution in [1.29, 1.82) is 0 Å². The van der Waals surface area contributed by atoms with E-state index in [0.717, 1.165) is 24.1 Å². The Morgan fingerprint density at radius 1 is 1.00 bits per heavy atom. The van der Waals surface area contributed by atoms with Crippen molar-refractivity contribution in [2.45, 2.75) is 31.0 Å². The molecule has 2 aromatic carbocycles. The van der Waals surface area contributed by atoms with Crippen LogP contribution < -0.4 is 5.32 Å². The number of carbonyl (C=O) groups is 2. The molecular formula is C20H20N2O3. The maximum atomic E-state index is 12.9. The minimum Gasteiger partial charge on any atom is -0.356 e. The Kier molecular flexibility index (Phi) is 4.24. The Bertz CT molecular complexity index is 759. The van der Waals surface area contributed by atoms with Crippen molar-refractivity contribution in [2.75, 3.05) is 11.9 Å². The average molecular weight is 336 g/mol. The number of rotatable bonds is 4. The zero-order chi connectivity index (χ0) is 17.2. The lowest BCUT2D eigenvalue weighted by Gasteiger charge is -2.40. The van der Waals surface area contributed by atoms with Gasteiger partial charge in [0.1, 0.15) is 6.61 Å². The molecule has 2 amide bonds. The van der Waals surface area contributed by atoms with Gasteiger partial charge in [-0.15, -0.1) is 0 Å². The summed E-state index contributed by atoms with van der Waals surface area (Å²) < 4.78 is 5.70. The molecule has 5 nitrogen and oxygen atoms in total. The number of benzene rings is 2. The first kappa shape index (κ1) is 15.8. The van der Waals surface area contributed by atoms with E-state index >= 15 is 0 Å². The van der Waals surface area contributed by atoms with Crippen LogP contribution in [0.15, 0.2) is 60.7 Å². The standard InChI is InChI=1S/C20H20N2O3/c23-17-13-25-19(20(24)21-15-9-5-2-6-10-15)18(22(17)16-11-12-16)14-7-3-1-4-8-14/h1-10,16,18-19H,11-13H2,(H,21,24)/t18-,19+/m0/s1. The molecule has 25 heavy (non-hydrogen) atoms. The summed E-state index contributed by atoms with van der Waals surface area (Å²) in [4.78, 5) is 27.2. The third-order valence-electron chi connectivity index (χ3n) is 4.64. The lowest BCUT2D eigenvalue weighted by atomic mass is 9.96. The van der Waals surface area contributed by atoms with E-state index in [4.69, 9.17) is 4.74 Å². The van der Waals surface area contributed by atoms with Crippen LogP contribution >= 0.6 is 0 Å². The molecule has 2 aromatic rings. The van der Waals surface area contributed by atoms with Crippen LogP contribution in [0.1, 0.15) is 24.4 Å². The van der Waals surface area contributed by atoms with Gasteiger partial charge in [-0.25, -0.2) is 0 Å². The third-order valence-corrected chi connectivity index (χ3v) is 4.64. The van der Waals surface area contributed by atoms with Gasteiger partial charge in [0, 0.05) is 11.7 Å². The van der Waals surface area contributed by atoms with E-state index in [9.17, 15) is 9.59 Å². The van der Waals surface area contributed by atoms with Crippen LogP contribution in [0.4, 0.5) is 5.69 Å². The van der Waals surface area contributed by atoms with Gasteiger partial charge >= 0.3 is 0 Å². The van der Waals surface area contributed by atoms with E-state index in [2.05, 4.69) is 5.32 Å². The number of carbonyl (C=O) groups excluding carboxylic acids is 2. The summed E-state index contributed by atoms with van der Waals surface area (Å²) in [5.41, 5.74) is 1.65. The van der Waals surface area contributed by atoms with Crippen LogP contribution in [0.25, 0.3) is 0 Å². The minimum atomic E-state index is -0.721. The van der Waals surface area contributed by atoms with E-state index < -0.39 is 12.1 Å². The molecule has 1 N–H and O–H groups in total. The highest BCUT2D eigenvalue weighted by atomic mass is 16.5. The Morgan fingerprint density at radius 3 is 2.28 bits per heavy atom. The van der Waals surface area contributed by atoms with E-state index in [1.54, 1.807) is 0 Å². The molecule has 0 spiro atoms. The molecule has 5 heteroatoms. The van der Waals surface area contributed by atoms with Gasteiger partial charge in [0.2, 0.25) is 5.91 Å². The number of hydrogen-bond acceptors (Lipinski definition) is 3. The van der Waals surface area contributed by atoms with E-state index in [0.29, 0.717) is 0 Å². The molecule has 1 saturated heterocycles. The number of para-hydroxylation sites is 1. The molecule has 0 unspecified atom stereocenters. The number of nitrogens with one attached hydrogen (secondary N) is 1. The fourth-order valence-electron chi connectivity index (χ4n) is 3.35. The Morgan fingerprint density at radius 2 is 1.64 bits per heavy atom. The Hall–Kier alpha value is -2.66. The molecule has 1 aliphatic carbocycles. The molecule has 2 fully saturated rings. The first-order valence-corrected chi connectivity index (χ1v) is 8.57. The molecule has 2 atom stereocenters. The van der Waals surface area contributed by atoms with Gasteiger partial charge in [-0.2, -0.15) is 0 Å². The summed E-state index contributed by atoms with van der Waals surface area (Å²) in [6, 6.07) is 18.8. The molecular weight excluding hydrogens is 316 g/mol. The van der Waals surface area contributed by atoms with Crippen LogP contribution in [-0.4, -0.2) is 35.5 Å². The van der Waals surface area contributed by atoms with Crippen LogP contribution in [0.5, 0.6) is 0 Å². The highest BCUT2D eigenvalue weighted by molar-refractivity contribution is 5.96. The number of nitrogens with zero attached hydrogens (tertiary/aromatic N) is 1. The van der Waals surface area contributed by atoms with Crippen molar-refractivity contribution in [3.05, 3.63) is 66.2 Å². The predicted octanol–water partition coefficient (Wildman–Crippen LogP) is 2.76. The molecule has 0 aromatic heterocycles. The maximum Gasteiger partial charge on any atom is 0.256 e. The molecule has 1 saturated carbocycles. The Balaban J connectivity index is 1.64. The van der Waals surface area contributed by atoms with Crippen LogP contribution in [0, 0.1) is 0 Å². The monoisotopic (exact) mass is 336 g/mol. The highest BCUT2D eigenvalue weighted by Crippen LogP contribution is 2.39. The molecule has 1 aliphatic heterocycles. The van der Waals surface area contributed by atoms with Gasteiger partial charge in [0.05, 0.1) is 6.04 Å². The number of hydrogen-bond donors (Lipinski definition) is 1. The van der Waals surface area contributed by atoms with Gasteiger partial charge in [-0.1, -0.05) is 48.5 Å². The molecule has 128 valence electrons. The van der Waals surface area contributed by atoms with Crippen LogP contribution in [0.2, 0.25) is 0 Å². The average Bonchev–Trinajstić information content (AvgIpc) is 3.48. The second-order valence-corrected chi connectivity index (χ2v) is 6.47. The van der Waals surface area contributed by atoms with Gasteiger partial charge in [0.15, 0.2) is 6.10 Å². The van der Waals surface area contributed by atoms with Crippen molar-refractivity contribution < 1.29 is 14.3 Å². The quantitative estimate of drug-likeness (QED) is 0.934. The Labute approximate surface area is 146 Å². The number of morpholine rings is 1. The van der Waals surface area contributed by atoms with Gasteiger partial charge in [-0.3, -0.25) is 9.59 Å². The van der Waals surface area contributed by atoms with Crippen molar-refractivity contribution >= 4 is 17.5 Å².